The lowest BCUT2D eigenvalue weighted by Gasteiger charge is -2.15. The van der Waals surface area contributed by atoms with Crippen LogP contribution in [-0.2, 0) is 6.42 Å². The monoisotopic (exact) mass is 334 g/mol. The van der Waals surface area contributed by atoms with Gasteiger partial charge in [-0.1, -0.05) is 58.5 Å². The van der Waals surface area contributed by atoms with Crippen molar-refractivity contribution in [2.75, 3.05) is 0 Å². The van der Waals surface area contributed by atoms with Gasteiger partial charge in [-0.05, 0) is 29.8 Å². The van der Waals surface area contributed by atoms with Crippen molar-refractivity contribution in [1.29, 1.82) is 0 Å². The van der Waals surface area contributed by atoms with Crippen molar-refractivity contribution in [2.45, 2.75) is 12.5 Å². The van der Waals surface area contributed by atoms with Crippen LogP contribution in [0.15, 0.2) is 36.4 Å². The third-order valence-electron chi connectivity index (χ3n) is 2.76. The Morgan fingerprint density at radius 2 is 1.53 bits per heavy atom. The SMILES string of the molecule is OC(Cc1ccc(Cl)cc1Cl)c1c(Cl)cccc1Cl. The summed E-state index contributed by atoms with van der Waals surface area (Å²) in [4.78, 5) is 0. The number of rotatable bonds is 3. The Kier molecular flexibility index (Phi) is 4.99. The van der Waals surface area contributed by atoms with E-state index in [-0.39, 0.29) is 0 Å². The summed E-state index contributed by atoms with van der Waals surface area (Å²) in [5.74, 6) is 0. The Hall–Kier alpha value is -0.440. The summed E-state index contributed by atoms with van der Waals surface area (Å²) in [6.45, 7) is 0. The van der Waals surface area contributed by atoms with Gasteiger partial charge in [0.15, 0.2) is 0 Å². The fourth-order valence-electron chi connectivity index (χ4n) is 1.83. The Labute approximate surface area is 131 Å². The lowest BCUT2D eigenvalue weighted by atomic mass is 10.0. The molecule has 0 amide bonds. The van der Waals surface area contributed by atoms with Crippen molar-refractivity contribution in [3.8, 4) is 0 Å². The quantitative estimate of drug-likeness (QED) is 0.776. The van der Waals surface area contributed by atoms with Gasteiger partial charge in [0, 0.05) is 32.1 Å². The van der Waals surface area contributed by atoms with Crippen molar-refractivity contribution >= 4 is 46.4 Å². The summed E-state index contributed by atoms with van der Waals surface area (Å²) in [6, 6.07) is 10.3. The van der Waals surface area contributed by atoms with Crippen LogP contribution in [0.2, 0.25) is 20.1 Å². The van der Waals surface area contributed by atoms with Gasteiger partial charge in [-0.15, -0.1) is 0 Å². The van der Waals surface area contributed by atoms with Gasteiger partial charge in [0.25, 0.3) is 0 Å². The van der Waals surface area contributed by atoms with Gasteiger partial charge in [0.1, 0.15) is 0 Å². The van der Waals surface area contributed by atoms with Gasteiger partial charge in [-0.3, -0.25) is 0 Å². The van der Waals surface area contributed by atoms with E-state index in [0.717, 1.165) is 5.56 Å². The second kappa shape index (κ2) is 6.34. The van der Waals surface area contributed by atoms with Crippen LogP contribution in [0, 0.1) is 0 Å². The zero-order chi connectivity index (χ0) is 14.0. The van der Waals surface area contributed by atoms with Crippen molar-refractivity contribution in [1.82, 2.24) is 0 Å². The Bertz CT molecular complexity index is 578. The maximum absolute atomic E-state index is 10.3. The fraction of sp³-hybridized carbons (Fsp3) is 0.143. The van der Waals surface area contributed by atoms with Crippen LogP contribution in [0.4, 0.5) is 0 Å². The van der Waals surface area contributed by atoms with Gasteiger partial charge < -0.3 is 5.11 Å². The summed E-state index contributed by atoms with van der Waals surface area (Å²) >= 11 is 24.0. The van der Waals surface area contributed by atoms with E-state index in [1.54, 1.807) is 36.4 Å². The summed E-state index contributed by atoms with van der Waals surface area (Å²) in [7, 11) is 0. The molecule has 0 aliphatic carbocycles. The molecule has 2 rings (SSSR count). The van der Waals surface area contributed by atoms with E-state index in [2.05, 4.69) is 0 Å². The molecule has 0 aliphatic rings. The highest BCUT2D eigenvalue weighted by Crippen LogP contribution is 2.33. The molecule has 0 saturated carbocycles. The molecular weight excluding hydrogens is 326 g/mol. The molecule has 0 spiro atoms. The number of halogens is 4. The van der Waals surface area contributed by atoms with Crippen LogP contribution >= 0.6 is 46.4 Å². The van der Waals surface area contributed by atoms with E-state index in [0.29, 0.717) is 32.1 Å². The van der Waals surface area contributed by atoms with Gasteiger partial charge in [0.2, 0.25) is 0 Å². The number of aliphatic hydroxyl groups excluding tert-OH is 1. The molecule has 100 valence electrons. The first-order chi connectivity index (χ1) is 8.99. The lowest BCUT2D eigenvalue weighted by molar-refractivity contribution is 0.178. The molecule has 0 heterocycles. The maximum atomic E-state index is 10.3. The van der Waals surface area contributed by atoms with Crippen LogP contribution in [0.5, 0.6) is 0 Å². The summed E-state index contributed by atoms with van der Waals surface area (Å²) in [5, 5.41) is 12.2. The highest BCUT2D eigenvalue weighted by atomic mass is 35.5. The van der Waals surface area contributed by atoms with E-state index in [4.69, 9.17) is 46.4 Å². The molecule has 1 unspecified atom stereocenters. The predicted molar refractivity (Wildman–Crippen MR) is 81.6 cm³/mol. The molecule has 19 heavy (non-hydrogen) atoms. The lowest BCUT2D eigenvalue weighted by Crippen LogP contribution is -2.04. The van der Waals surface area contributed by atoms with Crippen molar-refractivity contribution < 1.29 is 5.11 Å². The maximum Gasteiger partial charge on any atom is 0.0859 e. The van der Waals surface area contributed by atoms with Crippen molar-refractivity contribution in [3.05, 3.63) is 67.6 Å². The highest BCUT2D eigenvalue weighted by molar-refractivity contribution is 6.36. The third kappa shape index (κ3) is 3.56. The average molecular weight is 336 g/mol. The van der Waals surface area contributed by atoms with E-state index in [9.17, 15) is 5.11 Å². The minimum absolute atomic E-state index is 0.319. The first-order valence-corrected chi connectivity index (χ1v) is 7.06. The normalized spacial score (nSPS) is 12.5. The Morgan fingerprint density at radius 3 is 2.11 bits per heavy atom. The van der Waals surface area contributed by atoms with E-state index < -0.39 is 6.10 Å². The second-order valence-corrected chi connectivity index (χ2v) is 5.75. The van der Waals surface area contributed by atoms with Crippen molar-refractivity contribution in [3.63, 3.8) is 0 Å². The summed E-state index contributed by atoms with van der Waals surface area (Å²) in [6.07, 6.45) is -0.501. The molecule has 0 bridgehead atoms. The third-order valence-corrected chi connectivity index (χ3v) is 4.01. The highest BCUT2D eigenvalue weighted by Gasteiger charge is 2.17. The van der Waals surface area contributed by atoms with Gasteiger partial charge in [-0.2, -0.15) is 0 Å². The topological polar surface area (TPSA) is 20.2 Å². The molecule has 1 N–H and O–H groups in total. The zero-order valence-corrected chi connectivity index (χ0v) is 12.7. The smallest absolute Gasteiger partial charge is 0.0859 e. The number of hydrogen-bond donors (Lipinski definition) is 1. The first-order valence-electron chi connectivity index (χ1n) is 5.55. The Balaban J connectivity index is 2.28. The van der Waals surface area contributed by atoms with Gasteiger partial charge >= 0.3 is 0 Å². The van der Waals surface area contributed by atoms with Crippen LogP contribution in [0.3, 0.4) is 0 Å². The molecule has 2 aromatic carbocycles. The summed E-state index contributed by atoms with van der Waals surface area (Å²) < 4.78 is 0. The fourth-order valence-corrected chi connectivity index (χ4v) is 2.96. The molecular formula is C14H10Cl4O. The molecule has 5 heteroatoms. The number of hydrogen-bond acceptors (Lipinski definition) is 1. The standard InChI is InChI=1S/C14H10Cl4O/c15-9-5-4-8(12(18)7-9)6-13(19)14-10(16)2-1-3-11(14)17/h1-5,7,13,19H,6H2. The number of aliphatic hydroxyl groups is 1. The van der Waals surface area contributed by atoms with E-state index in [1.165, 1.54) is 0 Å². The predicted octanol–water partition coefficient (Wildman–Crippen LogP) is 5.58. The summed E-state index contributed by atoms with van der Waals surface area (Å²) in [5.41, 5.74) is 1.30. The zero-order valence-electron chi connectivity index (χ0n) is 9.71. The minimum Gasteiger partial charge on any atom is -0.388 e. The first kappa shape index (κ1) is 15.0. The average Bonchev–Trinajstić information content (AvgIpc) is 2.32. The van der Waals surface area contributed by atoms with Crippen LogP contribution < -0.4 is 0 Å². The Morgan fingerprint density at radius 1 is 0.895 bits per heavy atom. The molecule has 0 fully saturated rings. The molecule has 0 aromatic heterocycles. The van der Waals surface area contributed by atoms with Gasteiger partial charge in [0.05, 0.1) is 6.10 Å². The molecule has 0 aliphatic heterocycles. The van der Waals surface area contributed by atoms with Crippen LogP contribution in [0.1, 0.15) is 17.2 Å². The minimum atomic E-state index is -0.820. The van der Waals surface area contributed by atoms with E-state index in [1.807, 2.05) is 0 Å². The van der Waals surface area contributed by atoms with E-state index >= 15 is 0 Å². The largest absolute Gasteiger partial charge is 0.388 e. The molecule has 2 aromatic rings. The van der Waals surface area contributed by atoms with Crippen LogP contribution in [-0.4, -0.2) is 5.11 Å². The molecule has 0 saturated heterocycles. The number of benzene rings is 2. The van der Waals surface area contributed by atoms with Crippen molar-refractivity contribution in [2.24, 2.45) is 0 Å². The molecule has 0 radical (unpaired) electrons. The van der Waals surface area contributed by atoms with Gasteiger partial charge in [-0.25, -0.2) is 0 Å². The molecule has 1 nitrogen and oxygen atoms in total. The molecule has 1 atom stereocenters. The second-order valence-electron chi connectivity index (χ2n) is 4.09. The van der Waals surface area contributed by atoms with Crippen LogP contribution in [0.25, 0.3) is 0 Å².